The highest BCUT2D eigenvalue weighted by Crippen LogP contribution is 2.37. The molecular formula is C16H19ClN2O2. The van der Waals surface area contributed by atoms with Crippen molar-refractivity contribution in [3.63, 3.8) is 0 Å². The molecule has 21 heavy (non-hydrogen) atoms. The molecule has 0 unspecified atom stereocenters. The molecule has 1 aliphatic carbocycles. The minimum absolute atomic E-state index is 0.0157. The van der Waals surface area contributed by atoms with Crippen LogP contribution in [0.3, 0.4) is 0 Å². The molecule has 1 spiro atoms. The monoisotopic (exact) mass is 306 g/mol. The summed E-state index contributed by atoms with van der Waals surface area (Å²) in [7, 11) is 0. The lowest BCUT2D eigenvalue weighted by atomic mass is 9.79. The molecular weight excluding hydrogens is 288 g/mol. The molecule has 1 saturated heterocycles. The van der Waals surface area contributed by atoms with Crippen LogP contribution in [0.5, 0.6) is 0 Å². The highest BCUT2D eigenvalue weighted by Gasteiger charge is 2.47. The van der Waals surface area contributed by atoms with Gasteiger partial charge in [-0.25, -0.2) is 0 Å². The summed E-state index contributed by atoms with van der Waals surface area (Å²) in [5, 5.41) is 3.46. The summed E-state index contributed by atoms with van der Waals surface area (Å²) < 4.78 is 0. The Hall–Kier alpha value is -1.55. The Morgan fingerprint density at radius 1 is 1.19 bits per heavy atom. The number of hydrogen-bond donors (Lipinski definition) is 1. The van der Waals surface area contributed by atoms with Crippen molar-refractivity contribution in [3.8, 4) is 0 Å². The molecule has 1 aromatic rings. The van der Waals surface area contributed by atoms with Gasteiger partial charge >= 0.3 is 0 Å². The van der Waals surface area contributed by atoms with E-state index in [-0.39, 0.29) is 18.4 Å². The molecule has 3 rings (SSSR count). The summed E-state index contributed by atoms with van der Waals surface area (Å²) >= 11 is 6.28. The topological polar surface area (TPSA) is 49.4 Å². The van der Waals surface area contributed by atoms with Crippen LogP contribution >= 0.6 is 11.6 Å². The van der Waals surface area contributed by atoms with E-state index < -0.39 is 5.54 Å². The van der Waals surface area contributed by atoms with Crippen molar-refractivity contribution in [1.82, 2.24) is 5.32 Å². The van der Waals surface area contributed by atoms with Crippen LogP contribution in [0, 0.1) is 6.92 Å². The van der Waals surface area contributed by atoms with Crippen LogP contribution in [0.1, 0.15) is 37.7 Å². The zero-order valence-corrected chi connectivity index (χ0v) is 12.9. The summed E-state index contributed by atoms with van der Waals surface area (Å²) in [6.07, 6.45) is 4.51. The molecule has 0 radical (unpaired) electrons. The molecule has 0 aromatic heterocycles. The first kappa shape index (κ1) is 14.4. The molecule has 2 amide bonds. The second kappa shape index (κ2) is 5.34. The molecule has 0 atom stereocenters. The number of carbonyl (C=O) groups is 2. The quantitative estimate of drug-likeness (QED) is 0.867. The maximum Gasteiger partial charge on any atom is 0.253 e. The van der Waals surface area contributed by atoms with Crippen LogP contribution in [-0.2, 0) is 9.59 Å². The molecule has 5 heteroatoms. The van der Waals surface area contributed by atoms with Gasteiger partial charge in [0.25, 0.3) is 5.91 Å². The van der Waals surface area contributed by atoms with E-state index in [9.17, 15) is 9.59 Å². The van der Waals surface area contributed by atoms with Gasteiger partial charge in [-0.2, -0.15) is 0 Å². The van der Waals surface area contributed by atoms with E-state index in [0.717, 1.165) is 37.7 Å². The van der Waals surface area contributed by atoms with Crippen LogP contribution in [-0.4, -0.2) is 23.9 Å². The van der Waals surface area contributed by atoms with Crippen molar-refractivity contribution in [2.45, 2.75) is 44.6 Å². The van der Waals surface area contributed by atoms with Crippen LogP contribution in [0.25, 0.3) is 0 Å². The van der Waals surface area contributed by atoms with E-state index in [0.29, 0.717) is 10.7 Å². The van der Waals surface area contributed by atoms with E-state index in [1.54, 1.807) is 11.0 Å². The molecule has 1 aromatic carbocycles. The van der Waals surface area contributed by atoms with E-state index in [1.807, 2.05) is 19.1 Å². The third-order valence-corrected chi connectivity index (χ3v) is 4.81. The molecule has 0 bridgehead atoms. The predicted octanol–water partition coefficient (Wildman–Crippen LogP) is 2.81. The van der Waals surface area contributed by atoms with Gasteiger partial charge in [0.2, 0.25) is 5.91 Å². The smallest absolute Gasteiger partial charge is 0.253 e. The molecule has 1 heterocycles. The normalized spacial score (nSPS) is 21.5. The van der Waals surface area contributed by atoms with Crippen molar-refractivity contribution >= 4 is 29.1 Å². The van der Waals surface area contributed by atoms with Gasteiger partial charge < -0.3 is 5.32 Å². The van der Waals surface area contributed by atoms with Crippen LogP contribution < -0.4 is 10.2 Å². The maximum atomic E-state index is 13.0. The van der Waals surface area contributed by atoms with E-state index in [1.165, 1.54) is 0 Å². The Morgan fingerprint density at radius 2 is 1.90 bits per heavy atom. The van der Waals surface area contributed by atoms with Gasteiger partial charge in [0.15, 0.2) is 0 Å². The van der Waals surface area contributed by atoms with Crippen LogP contribution in [0.2, 0.25) is 5.02 Å². The van der Waals surface area contributed by atoms with Gasteiger partial charge in [-0.3, -0.25) is 14.5 Å². The number of rotatable bonds is 1. The average Bonchev–Trinajstić information content (AvgIpc) is 2.45. The number of para-hydroxylation sites is 1. The second-order valence-corrected chi connectivity index (χ2v) is 6.39. The molecule has 1 aliphatic heterocycles. The Bertz CT molecular complexity index is 574. The minimum atomic E-state index is -0.723. The fourth-order valence-electron chi connectivity index (χ4n) is 3.47. The minimum Gasteiger partial charge on any atom is -0.340 e. The number of hydrogen-bond acceptors (Lipinski definition) is 2. The third kappa shape index (κ3) is 2.42. The lowest BCUT2D eigenvalue weighted by molar-refractivity contribution is -0.137. The second-order valence-electron chi connectivity index (χ2n) is 5.99. The maximum absolute atomic E-state index is 13.0. The van der Waals surface area contributed by atoms with Crippen molar-refractivity contribution in [2.75, 3.05) is 11.4 Å². The Morgan fingerprint density at radius 3 is 2.57 bits per heavy atom. The van der Waals surface area contributed by atoms with Gasteiger partial charge in [-0.05, 0) is 31.4 Å². The largest absolute Gasteiger partial charge is 0.340 e. The van der Waals surface area contributed by atoms with Crippen molar-refractivity contribution in [2.24, 2.45) is 0 Å². The highest BCUT2D eigenvalue weighted by atomic mass is 35.5. The van der Waals surface area contributed by atoms with Gasteiger partial charge in [0.05, 0.1) is 10.7 Å². The SMILES string of the molecule is Cc1cccc(Cl)c1N1CC(=O)NC2(CCCCC2)C1=O. The number of piperazine rings is 1. The third-order valence-electron chi connectivity index (χ3n) is 4.50. The molecule has 2 aliphatic rings. The first-order valence-electron chi connectivity index (χ1n) is 7.42. The lowest BCUT2D eigenvalue weighted by Gasteiger charge is -2.44. The van der Waals surface area contributed by atoms with E-state index in [4.69, 9.17) is 11.6 Å². The van der Waals surface area contributed by atoms with Gasteiger partial charge in [0, 0.05) is 0 Å². The number of nitrogens with zero attached hydrogens (tertiary/aromatic N) is 1. The lowest BCUT2D eigenvalue weighted by Crippen LogP contribution is -2.67. The molecule has 1 N–H and O–H groups in total. The highest BCUT2D eigenvalue weighted by molar-refractivity contribution is 6.34. The van der Waals surface area contributed by atoms with E-state index >= 15 is 0 Å². The molecule has 4 nitrogen and oxygen atoms in total. The average molecular weight is 307 g/mol. The zero-order valence-electron chi connectivity index (χ0n) is 12.1. The molecule has 1 saturated carbocycles. The fourth-order valence-corrected chi connectivity index (χ4v) is 3.80. The van der Waals surface area contributed by atoms with Gasteiger partial charge in [-0.1, -0.05) is 43.0 Å². The number of anilines is 1. The standard InChI is InChI=1S/C16H19ClN2O2/c1-11-6-5-7-12(17)14(11)19-10-13(20)18-16(15(19)21)8-3-2-4-9-16/h5-7H,2-4,8-10H2,1H3,(H,18,20). The first-order valence-corrected chi connectivity index (χ1v) is 7.79. The van der Waals surface area contributed by atoms with Crippen LogP contribution in [0.4, 0.5) is 5.69 Å². The van der Waals surface area contributed by atoms with E-state index in [2.05, 4.69) is 5.32 Å². The summed E-state index contributed by atoms with van der Waals surface area (Å²) in [6.45, 7) is 1.96. The summed E-state index contributed by atoms with van der Waals surface area (Å²) in [5.41, 5.74) is 0.861. The number of carbonyl (C=O) groups excluding carboxylic acids is 2. The van der Waals surface area contributed by atoms with Crippen molar-refractivity contribution < 1.29 is 9.59 Å². The van der Waals surface area contributed by atoms with Crippen LogP contribution in [0.15, 0.2) is 18.2 Å². The molecule has 2 fully saturated rings. The first-order chi connectivity index (χ1) is 10.0. The number of halogens is 1. The number of benzene rings is 1. The Labute approximate surface area is 129 Å². The number of amides is 2. The number of aryl methyl sites for hydroxylation is 1. The Kier molecular flexibility index (Phi) is 3.66. The number of nitrogens with one attached hydrogen (secondary N) is 1. The van der Waals surface area contributed by atoms with Gasteiger partial charge in [-0.15, -0.1) is 0 Å². The fraction of sp³-hybridized carbons (Fsp3) is 0.500. The Balaban J connectivity index is 2.02. The van der Waals surface area contributed by atoms with Gasteiger partial charge in [0.1, 0.15) is 12.1 Å². The van der Waals surface area contributed by atoms with Crippen molar-refractivity contribution in [1.29, 1.82) is 0 Å². The van der Waals surface area contributed by atoms with Crippen molar-refractivity contribution in [3.05, 3.63) is 28.8 Å². The summed E-state index contributed by atoms with van der Waals surface area (Å²) in [5.74, 6) is -0.117. The summed E-state index contributed by atoms with van der Waals surface area (Å²) in [6, 6.07) is 5.53. The zero-order chi connectivity index (χ0) is 15.0. The predicted molar refractivity (Wildman–Crippen MR) is 82.5 cm³/mol. The summed E-state index contributed by atoms with van der Waals surface area (Å²) in [4.78, 5) is 26.7. The molecule has 112 valence electrons.